The number of aromatic nitrogens is 1. The largest absolute Gasteiger partial charge is 0.456 e. The first kappa shape index (κ1) is 35.5. The predicted octanol–water partition coefficient (Wildman–Crippen LogP) is 16.7. The molecule has 63 heavy (non-hydrogen) atoms. The van der Waals surface area contributed by atoms with E-state index in [-0.39, 0.29) is 0 Å². The maximum Gasteiger partial charge on any atom is 0.136 e. The lowest BCUT2D eigenvalue weighted by Gasteiger charge is -2.13. The highest BCUT2D eigenvalue weighted by molar-refractivity contribution is 6.14. The molecular formula is C61H39NO. The maximum absolute atomic E-state index is 6.62. The predicted molar refractivity (Wildman–Crippen MR) is 268 cm³/mol. The summed E-state index contributed by atoms with van der Waals surface area (Å²) in [5.74, 6) is 0. The molecule has 2 heteroatoms. The van der Waals surface area contributed by atoms with Gasteiger partial charge in [0.25, 0.3) is 0 Å². The van der Waals surface area contributed by atoms with Crippen LogP contribution < -0.4 is 0 Å². The zero-order valence-electron chi connectivity index (χ0n) is 34.4. The van der Waals surface area contributed by atoms with Crippen molar-refractivity contribution in [2.24, 2.45) is 0 Å². The fourth-order valence-corrected chi connectivity index (χ4v) is 10.2. The van der Waals surface area contributed by atoms with Gasteiger partial charge < -0.3 is 8.98 Å². The normalized spacial score (nSPS) is 12.3. The van der Waals surface area contributed by atoms with Crippen LogP contribution in [0.4, 0.5) is 0 Å². The average Bonchev–Trinajstić information content (AvgIpc) is 3.89. The van der Waals surface area contributed by atoms with Gasteiger partial charge in [0.2, 0.25) is 0 Å². The van der Waals surface area contributed by atoms with Crippen LogP contribution in [0.1, 0.15) is 16.7 Å². The Bertz CT molecular complexity index is 4000. The molecule has 0 unspecified atom stereocenters. The Kier molecular flexibility index (Phi) is 8.01. The lowest BCUT2D eigenvalue weighted by Crippen LogP contribution is -1.93. The molecule has 0 amide bonds. The lowest BCUT2D eigenvalue weighted by atomic mass is 9.91. The van der Waals surface area contributed by atoms with E-state index in [4.69, 9.17) is 4.42 Å². The maximum atomic E-state index is 6.62. The van der Waals surface area contributed by atoms with E-state index >= 15 is 0 Å². The van der Waals surface area contributed by atoms with Crippen molar-refractivity contribution in [1.29, 1.82) is 0 Å². The Balaban J connectivity index is 0.969. The monoisotopic (exact) mass is 801 g/mol. The summed E-state index contributed by atoms with van der Waals surface area (Å²) in [5.41, 5.74) is 12.6. The number of rotatable bonds is 6. The van der Waals surface area contributed by atoms with Crippen molar-refractivity contribution >= 4 is 98.5 Å². The number of hydrogen-bond acceptors (Lipinski definition) is 1. The van der Waals surface area contributed by atoms with Gasteiger partial charge in [-0.3, -0.25) is 0 Å². The van der Waals surface area contributed by atoms with Gasteiger partial charge in [0.05, 0.1) is 11.0 Å². The molecule has 11 aromatic carbocycles. The number of fused-ring (bicyclic) bond motifs is 12. The van der Waals surface area contributed by atoms with Crippen LogP contribution in [0, 0.1) is 0 Å². The van der Waals surface area contributed by atoms with Gasteiger partial charge in [-0.15, -0.1) is 0 Å². The first-order chi connectivity index (χ1) is 31.2. The third-order valence-electron chi connectivity index (χ3n) is 13.2. The van der Waals surface area contributed by atoms with Crippen LogP contribution in [-0.2, 0) is 6.42 Å². The van der Waals surface area contributed by atoms with Crippen molar-refractivity contribution in [3.05, 3.63) is 235 Å². The van der Waals surface area contributed by atoms with E-state index < -0.39 is 0 Å². The Morgan fingerprint density at radius 1 is 0.397 bits per heavy atom. The SMILES string of the molecule is C(=C(\Cc1ccc2c(ccc3ccccc32)c1)c1ccc2c(ccc3ccccc32)c1)/c1cccc2oc3ccc(-c4ccc5c(c4)c4ccccc4n5-c4ccccc4)cc3c12. The highest BCUT2D eigenvalue weighted by Gasteiger charge is 2.17. The van der Waals surface area contributed by atoms with Crippen molar-refractivity contribution in [3.63, 3.8) is 0 Å². The van der Waals surface area contributed by atoms with Crippen LogP contribution in [0.5, 0.6) is 0 Å². The molecule has 0 aliphatic rings. The minimum atomic E-state index is 0.774. The molecule has 0 N–H and O–H groups in total. The third kappa shape index (κ3) is 5.87. The Hall–Kier alpha value is -8.20. The van der Waals surface area contributed by atoms with E-state index in [9.17, 15) is 0 Å². The summed E-state index contributed by atoms with van der Waals surface area (Å²) in [4.78, 5) is 0. The van der Waals surface area contributed by atoms with Gasteiger partial charge in [-0.2, -0.15) is 0 Å². The minimum Gasteiger partial charge on any atom is -0.456 e. The second-order valence-corrected chi connectivity index (χ2v) is 16.9. The molecule has 0 aliphatic carbocycles. The number of furan rings is 1. The van der Waals surface area contributed by atoms with Crippen LogP contribution >= 0.6 is 0 Å². The summed E-state index contributed by atoms with van der Waals surface area (Å²) < 4.78 is 8.99. The zero-order chi connectivity index (χ0) is 41.4. The topological polar surface area (TPSA) is 18.1 Å². The second kappa shape index (κ2) is 14.2. The number of hydrogen-bond donors (Lipinski definition) is 0. The highest BCUT2D eigenvalue weighted by atomic mass is 16.3. The van der Waals surface area contributed by atoms with Crippen molar-refractivity contribution in [3.8, 4) is 16.8 Å². The van der Waals surface area contributed by atoms with Gasteiger partial charge in [0, 0.05) is 27.2 Å². The number of allylic oxidation sites excluding steroid dienone is 1. The van der Waals surface area contributed by atoms with E-state index in [0.29, 0.717) is 0 Å². The molecule has 294 valence electrons. The van der Waals surface area contributed by atoms with Crippen LogP contribution in [0.2, 0.25) is 0 Å². The summed E-state index contributed by atoms with van der Waals surface area (Å²) >= 11 is 0. The molecular weight excluding hydrogens is 763 g/mol. The van der Waals surface area contributed by atoms with Gasteiger partial charge >= 0.3 is 0 Å². The fourth-order valence-electron chi connectivity index (χ4n) is 10.2. The van der Waals surface area contributed by atoms with E-state index in [1.807, 2.05) is 0 Å². The van der Waals surface area contributed by atoms with Crippen molar-refractivity contribution in [2.45, 2.75) is 6.42 Å². The molecule has 0 saturated carbocycles. The summed E-state index contributed by atoms with van der Waals surface area (Å²) in [5, 5.41) is 14.9. The Morgan fingerprint density at radius 3 is 1.81 bits per heavy atom. The van der Waals surface area contributed by atoms with E-state index in [2.05, 4.69) is 229 Å². The number of para-hydroxylation sites is 2. The standard InChI is InChI=1S/C61H39NO/c1-2-14-49(15-3-1)62-57-19-9-8-18-54(57)55-37-43(27-31-58(55)62)44-28-32-59-56(38-44)61-47(13-10-20-60(61)63-59)36-48(42-26-30-53-46(35-42)25-23-41-12-5-7-17-51(41)53)34-39-21-29-52-45(33-39)24-22-40-11-4-6-16-50(40)52/h1-33,35-38H,34H2/b48-36-. The summed E-state index contributed by atoms with van der Waals surface area (Å²) in [6.07, 6.45) is 3.18. The van der Waals surface area contributed by atoms with Gasteiger partial charge in [0.15, 0.2) is 0 Å². The summed E-state index contributed by atoms with van der Waals surface area (Å²) in [6, 6.07) is 79.7. The molecule has 0 fully saturated rings. The fraction of sp³-hybridized carbons (Fsp3) is 0.0164. The molecule has 0 atom stereocenters. The van der Waals surface area contributed by atoms with Crippen molar-refractivity contribution in [1.82, 2.24) is 4.57 Å². The van der Waals surface area contributed by atoms with Gasteiger partial charge in [-0.05, 0) is 137 Å². The van der Waals surface area contributed by atoms with E-state index in [1.165, 1.54) is 87.2 Å². The molecule has 0 spiro atoms. The van der Waals surface area contributed by atoms with Gasteiger partial charge in [0.1, 0.15) is 11.2 Å². The molecule has 0 aliphatic heterocycles. The number of benzene rings is 11. The summed E-state index contributed by atoms with van der Waals surface area (Å²) in [6.45, 7) is 0. The van der Waals surface area contributed by atoms with Gasteiger partial charge in [-0.25, -0.2) is 0 Å². The number of nitrogens with zero attached hydrogens (tertiary/aromatic N) is 1. The Morgan fingerprint density at radius 2 is 1.02 bits per heavy atom. The van der Waals surface area contributed by atoms with Crippen molar-refractivity contribution in [2.75, 3.05) is 0 Å². The molecule has 0 bridgehead atoms. The minimum absolute atomic E-state index is 0.774. The zero-order valence-corrected chi connectivity index (χ0v) is 34.4. The van der Waals surface area contributed by atoms with E-state index in [1.54, 1.807) is 0 Å². The average molecular weight is 802 g/mol. The molecule has 13 aromatic rings. The smallest absolute Gasteiger partial charge is 0.136 e. The molecule has 13 rings (SSSR count). The lowest BCUT2D eigenvalue weighted by molar-refractivity contribution is 0.669. The first-order valence-electron chi connectivity index (χ1n) is 21.8. The Labute approximate surface area is 364 Å². The second-order valence-electron chi connectivity index (χ2n) is 16.9. The van der Waals surface area contributed by atoms with Crippen LogP contribution in [0.15, 0.2) is 223 Å². The third-order valence-corrected chi connectivity index (χ3v) is 13.2. The quantitative estimate of drug-likeness (QED) is 0.121. The first-order valence-corrected chi connectivity index (χ1v) is 21.8. The van der Waals surface area contributed by atoms with Crippen LogP contribution in [-0.4, -0.2) is 4.57 Å². The van der Waals surface area contributed by atoms with Crippen molar-refractivity contribution < 1.29 is 4.42 Å². The van der Waals surface area contributed by atoms with Crippen LogP contribution in [0.25, 0.3) is 115 Å². The van der Waals surface area contributed by atoms with Gasteiger partial charge in [-0.1, -0.05) is 170 Å². The molecule has 2 aromatic heterocycles. The molecule has 2 nitrogen and oxygen atoms in total. The molecule has 2 heterocycles. The molecule has 0 radical (unpaired) electrons. The molecule has 0 saturated heterocycles. The van der Waals surface area contributed by atoms with E-state index in [0.717, 1.165) is 45.2 Å². The van der Waals surface area contributed by atoms with Crippen LogP contribution in [0.3, 0.4) is 0 Å². The highest BCUT2D eigenvalue weighted by Crippen LogP contribution is 2.40. The summed E-state index contributed by atoms with van der Waals surface area (Å²) in [7, 11) is 0.